The van der Waals surface area contributed by atoms with E-state index in [2.05, 4.69) is 17.2 Å². The van der Waals surface area contributed by atoms with E-state index in [1.54, 1.807) is 19.1 Å². The summed E-state index contributed by atoms with van der Waals surface area (Å²) in [4.78, 5) is 37.5. The average molecular weight is 518 g/mol. The summed E-state index contributed by atoms with van der Waals surface area (Å²) in [6, 6.07) is 12.7. The van der Waals surface area contributed by atoms with Gasteiger partial charge in [-0.15, -0.1) is 0 Å². The van der Waals surface area contributed by atoms with Gasteiger partial charge in [-0.2, -0.15) is 0 Å². The quantitative estimate of drug-likeness (QED) is 0.302. The topological polar surface area (TPSA) is 114 Å². The van der Waals surface area contributed by atoms with Crippen molar-refractivity contribution in [2.75, 3.05) is 7.05 Å². The Hall–Kier alpha value is -4.79. The first-order chi connectivity index (χ1) is 18.1. The van der Waals surface area contributed by atoms with Crippen molar-refractivity contribution in [1.29, 1.82) is 0 Å². The lowest BCUT2D eigenvalue weighted by Crippen LogP contribution is -2.23. The minimum atomic E-state index is -0.736. The second kappa shape index (κ2) is 10.7. The van der Waals surface area contributed by atoms with Crippen LogP contribution < -0.4 is 16.4 Å². The highest BCUT2D eigenvalue weighted by molar-refractivity contribution is 6.12. The lowest BCUT2D eigenvalue weighted by Gasteiger charge is -2.12. The first-order valence-corrected chi connectivity index (χ1v) is 11.8. The van der Waals surface area contributed by atoms with Gasteiger partial charge in [0.25, 0.3) is 11.8 Å². The average Bonchev–Trinajstić information content (AvgIpc) is 3.26. The van der Waals surface area contributed by atoms with Gasteiger partial charge in [-0.3, -0.25) is 14.4 Å². The van der Waals surface area contributed by atoms with Crippen LogP contribution in [0.1, 0.15) is 39.6 Å². The van der Waals surface area contributed by atoms with Crippen molar-refractivity contribution >= 4 is 28.7 Å². The fourth-order valence-electron chi connectivity index (χ4n) is 4.13. The summed E-state index contributed by atoms with van der Waals surface area (Å²) in [5.41, 5.74) is 7.99. The van der Waals surface area contributed by atoms with Crippen LogP contribution in [0, 0.1) is 11.6 Å². The molecule has 1 heterocycles. The fraction of sp³-hybridized carbons (Fsp3) is 0.138. The Morgan fingerprint density at radius 2 is 1.66 bits per heavy atom. The van der Waals surface area contributed by atoms with Gasteiger partial charge in [0.1, 0.15) is 23.0 Å². The van der Waals surface area contributed by atoms with Gasteiger partial charge in [0, 0.05) is 23.7 Å². The zero-order valence-corrected chi connectivity index (χ0v) is 20.8. The van der Waals surface area contributed by atoms with E-state index >= 15 is 0 Å². The highest BCUT2D eigenvalue weighted by Gasteiger charge is 2.24. The molecule has 4 rings (SSSR count). The standard InChI is InChI=1S/C29H25F2N3O4/c1-4-15(2)34-28(36)21-11-17(7-10-23(21)31)20-14-22-24(12-18(20)13-25(32)35)38-27(26(22)29(37)33-3)16-5-8-19(30)9-6-16/h5-12,14H,2,4,13H2,1,3H3,(H2,32,35)(H,33,37)(H,34,36). The number of amides is 3. The molecule has 0 aliphatic rings. The molecular weight excluding hydrogens is 492 g/mol. The molecule has 7 nitrogen and oxygen atoms in total. The molecule has 0 bridgehead atoms. The molecule has 0 saturated heterocycles. The number of rotatable bonds is 8. The lowest BCUT2D eigenvalue weighted by molar-refractivity contribution is -0.117. The predicted molar refractivity (Wildman–Crippen MR) is 140 cm³/mol. The first kappa shape index (κ1) is 26.3. The smallest absolute Gasteiger partial charge is 0.258 e. The van der Waals surface area contributed by atoms with Crippen LogP contribution in [0.4, 0.5) is 8.78 Å². The summed E-state index contributed by atoms with van der Waals surface area (Å²) in [6.45, 7) is 5.52. The molecule has 0 atom stereocenters. The van der Waals surface area contributed by atoms with Crippen LogP contribution in [0.5, 0.6) is 0 Å². The van der Waals surface area contributed by atoms with Crippen molar-refractivity contribution in [1.82, 2.24) is 10.6 Å². The molecule has 4 N–H and O–H groups in total. The highest BCUT2D eigenvalue weighted by Crippen LogP contribution is 2.38. The SMILES string of the molecule is C=C(CC)NC(=O)c1cc(-c2cc3c(C(=O)NC)c(-c4ccc(F)cc4)oc3cc2CC(N)=O)ccc1F. The third kappa shape index (κ3) is 5.17. The number of carbonyl (C=O) groups is 3. The van der Waals surface area contributed by atoms with Crippen molar-refractivity contribution in [3.8, 4) is 22.5 Å². The second-order valence-electron chi connectivity index (χ2n) is 8.65. The zero-order valence-electron chi connectivity index (χ0n) is 20.8. The monoisotopic (exact) mass is 517 g/mol. The van der Waals surface area contributed by atoms with Crippen molar-refractivity contribution in [3.63, 3.8) is 0 Å². The number of fused-ring (bicyclic) bond motifs is 1. The Labute approximate surface area is 217 Å². The number of halogens is 2. The minimum Gasteiger partial charge on any atom is -0.455 e. The molecule has 4 aromatic rings. The largest absolute Gasteiger partial charge is 0.455 e. The molecule has 0 fully saturated rings. The van der Waals surface area contributed by atoms with E-state index in [9.17, 15) is 23.2 Å². The molecule has 0 aliphatic carbocycles. The molecule has 1 aromatic heterocycles. The summed E-state index contributed by atoms with van der Waals surface area (Å²) >= 11 is 0. The Morgan fingerprint density at radius 1 is 0.974 bits per heavy atom. The van der Waals surface area contributed by atoms with Crippen LogP contribution in [0.3, 0.4) is 0 Å². The summed E-state index contributed by atoms with van der Waals surface area (Å²) in [5.74, 6) is -2.71. The van der Waals surface area contributed by atoms with Crippen molar-refractivity contribution in [2.24, 2.45) is 5.73 Å². The number of hydrogen-bond donors (Lipinski definition) is 3. The van der Waals surface area contributed by atoms with Crippen LogP contribution >= 0.6 is 0 Å². The number of primary amides is 1. The number of nitrogens with one attached hydrogen (secondary N) is 2. The number of furan rings is 1. The molecule has 0 aliphatic heterocycles. The summed E-state index contributed by atoms with van der Waals surface area (Å²) < 4.78 is 34.2. The van der Waals surface area contributed by atoms with Gasteiger partial charge in [-0.05, 0) is 71.6 Å². The molecule has 3 amide bonds. The van der Waals surface area contributed by atoms with Crippen molar-refractivity contribution in [2.45, 2.75) is 19.8 Å². The van der Waals surface area contributed by atoms with E-state index in [1.807, 2.05) is 0 Å². The van der Waals surface area contributed by atoms with Crippen LogP contribution in [-0.2, 0) is 11.2 Å². The summed E-state index contributed by atoms with van der Waals surface area (Å²) in [5, 5.41) is 5.55. The number of hydrogen-bond acceptors (Lipinski definition) is 4. The van der Waals surface area contributed by atoms with Gasteiger partial charge in [0.05, 0.1) is 17.5 Å². The third-order valence-electron chi connectivity index (χ3n) is 6.08. The number of allylic oxidation sites excluding steroid dienone is 1. The van der Waals surface area contributed by atoms with E-state index in [-0.39, 0.29) is 23.3 Å². The van der Waals surface area contributed by atoms with Crippen LogP contribution in [0.2, 0.25) is 0 Å². The fourth-order valence-corrected chi connectivity index (χ4v) is 4.13. The maximum absolute atomic E-state index is 14.6. The van der Waals surface area contributed by atoms with Gasteiger partial charge >= 0.3 is 0 Å². The maximum Gasteiger partial charge on any atom is 0.258 e. The maximum atomic E-state index is 14.6. The molecule has 0 spiro atoms. The van der Waals surface area contributed by atoms with E-state index in [1.165, 1.54) is 43.4 Å². The molecule has 0 saturated carbocycles. The molecule has 38 heavy (non-hydrogen) atoms. The van der Waals surface area contributed by atoms with Crippen LogP contribution in [0.15, 0.2) is 71.3 Å². The van der Waals surface area contributed by atoms with Gasteiger partial charge in [-0.25, -0.2) is 8.78 Å². The molecule has 194 valence electrons. The molecular formula is C29H25F2N3O4. The van der Waals surface area contributed by atoms with Crippen LogP contribution in [-0.4, -0.2) is 24.8 Å². The lowest BCUT2D eigenvalue weighted by atomic mass is 9.93. The van der Waals surface area contributed by atoms with E-state index in [4.69, 9.17) is 10.2 Å². The Kier molecular flexibility index (Phi) is 7.38. The number of nitrogens with two attached hydrogens (primary N) is 1. The van der Waals surface area contributed by atoms with Gasteiger partial charge < -0.3 is 20.8 Å². The summed E-state index contributed by atoms with van der Waals surface area (Å²) in [7, 11) is 1.47. The van der Waals surface area contributed by atoms with Crippen LogP contribution in [0.25, 0.3) is 33.4 Å². The van der Waals surface area contributed by atoms with Crippen molar-refractivity contribution < 1.29 is 27.6 Å². The van der Waals surface area contributed by atoms with Gasteiger partial charge in [-0.1, -0.05) is 19.6 Å². The Bertz CT molecular complexity index is 1590. The first-order valence-electron chi connectivity index (χ1n) is 11.8. The second-order valence-corrected chi connectivity index (χ2v) is 8.65. The molecule has 9 heteroatoms. The number of carbonyl (C=O) groups excluding carboxylic acids is 3. The summed E-state index contributed by atoms with van der Waals surface area (Å²) in [6.07, 6.45) is 0.296. The molecule has 3 aromatic carbocycles. The number of benzene rings is 3. The van der Waals surface area contributed by atoms with E-state index in [0.29, 0.717) is 45.3 Å². The van der Waals surface area contributed by atoms with Gasteiger partial charge in [0.15, 0.2) is 0 Å². The Morgan fingerprint density at radius 3 is 2.29 bits per heavy atom. The van der Waals surface area contributed by atoms with E-state index in [0.717, 1.165) is 6.07 Å². The highest BCUT2D eigenvalue weighted by atomic mass is 19.1. The van der Waals surface area contributed by atoms with E-state index < -0.39 is 29.4 Å². The minimum absolute atomic E-state index is 0.182. The zero-order chi connectivity index (χ0) is 27.6. The van der Waals surface area contributed by atoms with Gasteiger partial charge in [0.2, 0.25) is 5.91 Å². The molecule has 0 radical (unpaired) electrons. The normalized spacial score (nSPS) is 10.8. The predicted octanol–water partition coefficient (Wildman–Crippen LogP) is 5.09. The van der Waals surface area contributed by atoms with Crippen molar-refractivity contribution in [3.05, 3.63) is 95.2 Å². The Balaban J connectivity index is 1.96. The molecule has 0 unspecified atom stereocenters. The third-order valence-corrected chi connectivity index (χ3v) is 6.08.